The first-order chi connectivity index (χ1) is 34.5. The number of hydrogen-bond acceptors (Lipinski definition) is 10. The number of nitrogens with zero attached hydrogens (tertiary/aromatic N) is 8. The summed E-state index contributed by atoms with van der Waals surface area (Å²) in [5, 5.41) is 6.67. The number of carbonyl (C=O) groups excluding carboxylic acids is 2. The van der Waals surface area contributed by atoms with E-state index in [1.54, 1.807) is 12.3 Å². The number of thiazole rings is 1. The maximum Gasteiger partial charge on any atom is 0.435 e. The van der Waals surface area contributed by atoms with Crippen LogP contribution in [-0.4, -0.2) is 98.4 Å². The Morgan fingerprint density at radius 1 is 0.932 bits per heavy atom. The average molecular weight is 1060 g/mol. The molecule has 1 aliphatic heterocycles. The lowest BCUT2D eigenvalue weighted by Gasteiger charge is -2.36. The molecule has 4 aromatic heterocycles. The molecule has 386 valence electrons. The number of fused-ring (bicyclic) bond motifs is 2. The summed E-state index contributed by atoms with van der Waals surface area (Å²) in [7, 11) is -0.672. The molecule has 0 saturated carbocycles. The number of imidazole rings is 1. The van der Waals surface area contributed by atoms with Gasteiger partial charge < -0.3 is 30.2 Å². The first-order valence-electron chi connectivity index (χ1n) is 23.1. The summed E-state index contributed by atoms with van der Waals surface area (Å²) < 4.78 is 126. The number of pyridine rings is 1. The van der Waals surface area contributed by atoms with Crippen LogP contribution >= 0.6 is 21.4 Å². The number of halogens is 8. The molecule has 0 unspecified atom stereocenters. The third-order valence-electron chi connectivity index (χ3n) is 12.8. The van der Waals surface area contributed by atoms with Crippen molar-refractivity contribution in [1.82, 2.24) is 34.6 Å². The molecular weight excluding hydrogens is 1000 g/mol. The van der Waals surface area contributed by atoms with Gasteiger partial charge in [0.25, 0.3) is 11.8 Å². The van der Waals surface area contributed by atoms with E-state index in [0.717, 1.165) is 41.0 Å². The number of hydrogen-bond donors (Lipinski definition) is 2. The summed E-state index contributed by atoms with van der Waals surface area (Å²) >= 11 is 1.28. The number of alkyl halides is 5. The van der Waals surface area contributed by atoms with Crippen molar-refractivity contribution in [3.63, 3.8) is 0 Å². The molecule has 13 nitrogen and oxygen atoms in total. The van der Waals surface area contributed by atoms with Gasteiger partial charge in [0.2, 0.25) is 5.91 Å². The lowest BCUT2D eigenvalue weighted by atomic mass is 9.94. The van der Waals surface area contributed by atoms with Crippen LogP contribution in [0.15, 0.2) is 79.1 Å². The molecule has 2 amide bonds. The van der Waals surface area contributed by atoms with Crippen molar-refractivity contribution in [3.8, 4) is 22.5 Å². The number of ether oxygens (including phenoxy) is 1. The van der Waals surface area contributed by atoms with Gasteiger partial charge in [0.05, 0.1) is 28.6 Å². The van der Waals surface area contributed by atoms with Gasteiger partial charge in [0, 0.05) is 79.2 Å². The predicted molar refractivity (Wildman–Crippen MR) is 265 cm³/mol. The van der Waals surface area contributed by atoms with Crippen LogP contribution in [0.4, 0.5) is 45.9 Å². The normalized spacial score (nSPS) is 16.5. The monoisotopic (exact) mass is 1050 g/mol. The summed E-state index contributed by atoms with van der Waals surface area (Å²) in [6.45, 7) is 3.51. The minimum absolute atomic E-state index is 0.00219. The van der Waals surface area contributed by atoms with Gasteiger partial charge in [-0.1, -0.05) is 24.3 Å². The second-order valence-electron chi connectivity index (χ2n) is 19.0. The molecule has 73 heavy (non-hydrogen) atoms. The van der Waals surface area contributed by atoms with Crippen molar-refractivity contribution in [2.75, 3.05) is 67.1 Å². The van der Waals surface area contributed by atoms with E-state index in [-0.39, 0.29) is 28.0 Å². The summed E-state index contributed by atoms with van der Waals surface area (Å²) in [5.41, 5.74) is 4.23. The zero-order valence-electron chi connectivity index (χ0n) is 40.0. The fourth-order valence-electron chi connectivity index (χ4n) is 9.29. The van der Waals surface area contributed by atoms with Gasteiger partial charge in [-0.15, -0.1) is 0 Å². The third-order valence-corrected chi connectivity index (χ3v) is 15.2. The number of primary amides is 1. The molecule has 7 aromatic rings. The van der Waals surface area contributed by atoms with Crippen LogP contribution in [0.2, 0.25) is 0 Å². The Morgan fingerprint density at radius 3 is 2.29 bits per heavy atom. The first kappa shape index (κ1) is 51.3. The Morgan fingerprint density at radius 2 is 1.62 bits per heavy atom. The molecule has 1 saturated heterocycles. The van der Waals surface area contributed by atoms with Gasteiger partial charge in [-0.2, -0.15) is 32.0 Å². The Labute approximate surface area is 419 Å². The number of carbonyl (C=O) groups is 2. The zero-order valence-corrected chi connectivity index (χ0v) is 41.6. The van der Waals surface area contributed by atoms with Crippen LogP contribution < -0.4 is 20.9 Å². The number of piperazine rings is 1. The van der Waals surface area contributed by atoms with Gasteiger partial charge in [0.1, 0.15) is 42.2 Å². The van der Waals surface area contributed by atoms with Crippen LogP contribution in [0.5, 0.6) is 0 Å². The van der Waals surface area contributed by atoms with Crippen LogP contribution in [-0.2, 0) is 41.3 Å². The summed E-state index contributed by atoms with van der Waals surface area (Å²) in [4.78, 5) is 45.0. The van der Waals surface area contributed by atoms with Gasteiger partial charge in [-0.3, -0.25) is 14.3 Å². The summed E-state index contributed by atoms with van der Waals surface area (Å²) in [6.07, 6.45) is 3.95. The largest absolute Gasteiger partial charge is 0.435 e. The second kappa shape index (κ2) is 20.0. The molecule has 0 radical (unpaired) electrons. The van der Waals surface area contributed by atoms with Gasteiger partial charge in [0.15, 0.2) is 16.5 Å². The lowest BCUT2D eigenvalue weighted by Crippen LogP contribution is -2.46. The average Bonchev–Trinajstić information content (AvgIpc) is 4.11. The SMILES string of the molecule is C[C@H]1CC(F)(F)c2c1c(C(F)(F)F)nn2CC(=O)N[C@@H](Cc1cc(F)cc(F)c1)c1nc2nc(N3CCN(c4ccc(-c5nccn5COCCS(C)(C)C)cc4)CC3)sc2cc1-c1ccc(F)c(C(N)=O)c1. The molecule has 2 aliphatic rings. The molecule has 9 rings (SSSR count). The first-order valence-corrected chi connectivity index (χ1v) is 26.9. The Bertz CT molecular complexity index is 3180. The number of rotatable bonds is 16. The van der Waals surface area contributed by atoms with Crippen LogP contribution in [0, 0.1) is 17.5 Å². The minimum Gasteiger partial charge on any atom is -0.368 e. The quantitative estimate of drug-likeness (QED) is 0.0713. The highest BCUT2D eigenvalue weighted by molar-refractivity contribution is 8.32. The fourth-order valence-corrected chi connectivity index (χ4v) is 10.9. The molecule has 2 atom stereocenters. The predicted octanol–water partition coefficient (Wildman–Crippen LogP) is 9.65. The van der Waals surface area contributed by atoms with Crippen LogP contribution in [0.3, 0.4) is 0 Å². The molecule has 0 spiro atoms. The molecule has 23 heteroatoms. The van der Waals surface area contributed by atoms with Crippen molar-refractivity contribution in [2.45, 2.75) is 57.1 Å². The van der Waals surface area contributed by atoms with Crippen molar-refractivity contribution >= 4 is 54.3 Å². The van der Waals surface area contributed by atoms with Crippen LogP contribution in [0.25, 0.3) is 32.9 Å². The minimum atomic E-state index is -5.11. The third kappa shape index (κ3) is 11.2. The Hall–Kier alpha value is -6.59. The number of benzene rings is 3. The smallest absolute Gasteiger partial charge is 0.368 e. The zero-order chi connectivity index (χ0) is 52.1. The summed E-state index contributed by atoms with van der Waals surface area (Å²) in [5.74, 6) is -8.23. The molecule has 0 bridgehead atoms. The van der Waals surface area contributed by atoms with E-state index in [9.17, 15) is 35.9 Å². The van der Waals surface area contributed by atoms with E-state index in [1.807, 2.05) is 35.0 Å². The molecule has 1 aliphatic carbocycles. The maximum atomic E-state index is 15.3. The number of amides is 2. The van der Waals surface area contributed by atoms with Crippen molar-refractivity contribution in [1.29, 1.82) is 0 Å². The highest BCUT2D eigenvalue weighted by Gasteiger charge is 2.53. The topological polar surface area (TPSA) is 149 Å². The number of anilines is 2. The van der Waals surface area contributed by atoms with Gasteiger partial charge >= 0.3 is 6.18 Å². The van der Waals surface area contributed by atoms with E-state index in [1.165, 1.54) is 30.4 Å². The second-order valence-corrected chi connectivity index (χ2v) is 24.6. The standard InChI is InChI=1S/C50H50F8N10O3S2/c1-28-25-49(54,55)44-41(28)43(50(56,57)58)64-68(44)26-40(69)61-38(21-29-19-32(51)23-33(52)20-29)42-35(31-7-10-37(53)36(22-31)45(59)70)24-39-46(62-42)63-48(72-39)66-15-13-65(14-16-66)34-8-5-30(6-9-34)47-60-11-12-67(47)27-71-17-18-73(2,3)4/h5-12,19-20,22-24,28,38H,13-18,21,25-27H2,1-4H3,(H2,59,70)(H,61,69)/t28-,38-/m0/s1. The van der Waals surface area contributed by atoms with E-state index >= 15 is 8.78 Å². The number of nitrogens with one attached hydrogen (secondary N) is 1. The molecule has 1 fully saturated rings. The Balaban J connectivity index is 1.01. The highest BCUT2D eigenvalue weighted by atomic mass is 32.3. The highest BCUT2D eigenvalue weighted by Crippen LogP contribution is 2.52. The van der Waals surface area contributed by atoms with Crippen molar-refractivity contribution in [2.24, 2.45) is 5.73 Å². The number of aromatic nitrogens is 6. The van der Waals surface area contributed by atoms with E-state index in [2.05, 4.69) is 44.0 Å². The fraction of sp³-hybridized carbons (Fsp3) is 0.360. The lowest BCUT2D eigenvalue weighted by molar-refractivity contribution is -0.142. The van der Waals surface area contributed by atoms with E-state index in [0.29, 0.717) is 60.1 Å². The molecular formula is C50H50F8N10O3S2. The van der Waals surface area contributed by atoms with E-state index < -0.39 is 105 Å². The van der Waals surface area contributed by atoms with Crippen molar-refractivity contribution in [3.05, 3.63) is 130 Å². The maximum absolute atomic E-state index is 15.3. The van der Waals surface area contributed by atoms with Crippen molar-refractivity contribution < 1.29 is 49.4 Å². The molecule has 5 heterocycles. The summed E-state index contributed by atoms with van der Waals surface area (Å²) in [6, 6.07) is 14.5. The number of nitrogens with two attached hydrogens (primary N) is 1. The van der Waals surface area contributed by atoms with Gasteiger partial charge in [-0.25, -0.2) is 33.2 Å². The Kier molecular flexibility index (Phi) is 14.1. The molecule has 3 aromatic carbocycles. The molecule has 3 N–H and O–H groups in total. The van der Waals surface area contributed by atoms with E-state index in [4.69, 9.17) is 20.4 Å². The van der Waals surface area contributed by atoms with Crippen LogP contribution in [0.1, 0.15) is 63.9 Å². The van der Waals surface area contributed by atoms with Gasteiger partial charge in [-0.05, 0) is 96.8 Å².